The van der Waals surface area contributed by atoms with Gasteiger partial charge in [-0.3, -0.25) is 4.79 Å². The largest absolute Gasteiger partial charge is 0.294 e. The molecular weight excluding hydrogens is 229 g/mol. The van der Waals surface area contributed by atoms with Crippen LogP contribution >= 0.6 is 11.6 Å². The van der Waals surface area contributed by atoms with E-state index in [2.05, 4.69) is 0 Å². The number of carbonyl (C=O) groups excluding carboxylic acids is 1. The predicted molar refractivity (Wildman–Crippen MR) is 51.0 cm³/mol. The van der Waals surface area contributed by atoms with Crippen LogP contribution in [0, 0.1) is 5.82 Å². The Morgan fingerprint density at radius 3 is 2.60 bits per heavy atom. The molecule has 1 aromatic rings. The first-order chi connectivity index (χ1) is 7.06. The Morgan fingerprint density at radius 2 is 2.07 bits per heavy atom. The molecule has 0 aliphatic heterocycles. The topological polar surface area (TPSA) is 17.1 Å². The standard InChI is InChI=1S/C10H8ClF3O/c11-4-3-9(15)7-2-1-6(12)5-8(7)10(13)14/h1-2,5,10H,3-4H2. The molecule has 5 heteroatoms. The zero-order chi connectivity index (χ0) is 11.4. The second-order valence-electron chi connectivity index (χ2n) is 2.89. The molecule has 0 bridgehead atoms. The van der Waals surface area contributed by atoms with Crippen LogP contribution in [0.3, 0.4) is 0 Å². The summed E-state index contributed by atoms with van der Waals surface area (Å²) in [5, 5.41) is 0. The average Bonchev–Trinajstić information content (AvgIpc) is 2.17. The van der Waals surface area contributed by atoms with Gasteiger partial charge in [-0.05, 0) is 18.2 Å². The summed E-state index contributed by atoms with van der Waals surface area (Å²) in [6, 6.07) is 2.71. The minimum absolute atomic E-state index is 0.0348. The molecule has 0 saturated heterocycles. The molecule has 15 heavy (non-hydrogen) atoms. The first kappa shape index (κ1) is 12.0. The number of ketones is 1. The van der Waals surface area contributed by atoms with Gasteiger partial charge in [-0.25, -0.2) is 13.2 Å². The molecule has 0 saturated carbocycles. The van der Waals surface area contributed by atoms with Crippen molar-refractivity contribution in [2.24, 2.45) is 0 Å². The molecule has 1 nitrogen and oxygen atoms in total. The fourth-order valence-corrected chi connectivity index (χ4v) is 1.36. The molecule has 0 spiro atoms. The van der Waals surface area contributed by atoms with E-state index in [4.69, 9.17) is 11.6 Å². The van der Waals surface area contributed by atoms with E-state index in [0.29, 0.717) is 6.07 Å². The monoisotopic (exact) mass is 236 g/mol. The van der Waals surface area contributed by atoms with E-state index >= 15 is 0 Å². The number of halogens is 4. The quantitative estimate of drug-likeness (QED) is 0.577. The summed E-state index contributed by atoms with van der Waals surface area (Å²) < 4.78 is 37.6. The lowest BCUT2D eigenvalue weighted by Crippen LogP contribution is -2.05. The summed E-state index contributed by atoms with van der Waals surface area (Å²) in [6.45, 7) is 0. The molecule has 0 aromatic heterocycles. The van der Waals surface area contributed by atoms with E-state index in [-0.39, 0.29) is 17.9 Å². The lowest BCUT2D eigenvalue weighted by Gasteiger charge is -2.06. The highest BCUT2D eigenvalue weighted by atomic mass is 35.5. The molecule has 1 rings (SSSR count). The van der Waals surface area contributed by atoms with Crippen molar-refractivity contribution in [1.82, 2.24) is 0 Å². The molecular formula is C10H8ClF3O. The van der Waals surface area contributed by atoms with Gasteiger partial charge in [0.25, 0.3) is 6.43 Å². The van der Waals surface area contributed by atoms with Crippen LogP contribution in [0.2, 0.25) is 0 Å². The van der Waals surface area contributed by atoms with E-state index in [0.717, 1.165) is 12.1 Å². The molecule has 0 atom stereocenters. The van der Waals surface area contributed by atoms with Gasteiger partial charge < -0.3 is 0 Å². The molecule has 0 unspecified atom stereocenters. The molecule has 82 valence electrons. The van der Waals surface area contributed by atoms with Gasteiger partial charge >= 0.3 is 0 Å². The SMILES string of the molecule is O=C(CCCl)c1ccc(F)cc1C(F)F. The van der Waals surface area contributed by atoms with E-state index in [9.17, 15) is 18.0 Å². The van der Waals surface area contributed by atoms with Gasteiger partial charge in [0.15, 0.2) is 5.78 Å². The number of benzene rings is 1. The molecule has 0 aliphatic rings. The number of hydrogen-bond donors (Lipinski definition) is 0. The minimum atomic E-state index is -2.87. The Balaban J connectivity index is 3.11. The second kappa shape index (κ2) is 5.16. The molecule has 0 N–H and O–H groups in total. The van der Waals surface area contributed by atoms with Gasteiger partial charge in [0.2, 0.25) is 0 Å². The Labute approximate surface area is 89.9 Å². The predicted octanol–water partition coefficient (Wildman–Crippen LogP) is 3.57. The number of alkyl halides is 3. The summed E-state index contributed by atoms with van der Waals surface area (Å²) in [6.07, 6.45) is -2.90. The maximum Gasteiger partial charge on any atom is 0.264 e. The van der Waals surface area contributed by atoms with Gasteiger partial charge in [0.05, 0.1) is 0 Å². The number of rotatable bonds is 4. The van der Waals surface area contributed by atoms with Crippen LogP contribution in [0.25, 0.3) is 0 Å². The van der Waals surface area contributed by atoms with Crippen LogP contribution in [-0.4, -0.2) is 11.7 Å². The van der Waals surface area contributed by atoms with Crippen LogP contribution in [0.4, 0.5) is 13.2 Å². The lowest BCUT2D eigenvalue weighted by molar-refractivity contribution is 0.0975. The van der Waals surface area contributed by atoms with E-state index in [1.165, 1.54) is 0 Å². The van der Waals surface area contributed by atoms with Gasteiger partial charge in [0, 0.05) is 23.4 Å². The molecule has 0 amide bonds. The van der Waals surface area contributed by atoms with Crippen molar-refractivity contribution in [2.75, 3.05) is 5.88 Å². The first-order valence-electron chi connectivity index (χ1n) is 4.23. The summed E-state index contributed by atoms with van der Waals surface area (Å²) in [5.74, 6) is -1.23. The highest BCUT2D eigenvalue weighted by Gasteiger charge is 2.18. The van der Waals surface area contributed by atoms with Gasteiger partial charge in [-0.15, -0.1) is 11.6 Å². The Kier molecular flexibility index (Phi) is 4.15. The van der Waals surface area contributed by atoms with Crippen molar-refractivity contribution in [2.45, 2.75) is 12.8 Å². The van der Waals surface area contributed by atoms with Gasteiger partial charge in [-0.2, -0.15) is 0 Å². The number of carbonyl (C=O) groups is 1. The lowest BCUT2D eigenvalue weighted by atomic mass is 10.0. The van der Waals surface area contributed by atoms with Gasteiger partial charge in [-0.1, -0.05) is 0 Å². The van der Waals surface area contributed by atoms with E-state index in [1.807, 2.05) is 0 Å². The van der Waals surface area contributed by atoms with Crippen molar-refractivity contribution < 1.29 is 18.0 Å². The van der Waals surface area contributed by atoms with Crippen molar-refractivity contribution in [3.8, 4) is 0 Å². The van der Waals surface area contributed by atoms with Crippen LogP contribution in [0.5, 0.6) is 0 Å². The van der Waals surface area contributed by atoms with Crippen molar-refractivity contribution in [3.05, 3.63) is 35.1 Å². The van der Waals surface area contributed by atoms with Crippen molar-refractivity contribution >= 4 is 17.4 Å². The fourth-order valence-electron chi connectivity index (χ4n) is 1.19. The van der Waals surface area contributed by atoms with E-state index in [1.54, 1.807) is 0 Å². The minimum Gasteiger partial charge on any atom is -0.294 e. The maximum atomic E-state index is 12.7. The van der Waals surface area contributed by atoms with E-state index < -0.39 is 23.6 Å². The second-order valence-corrected chi connectivity index (χ2v) is 3.27. The Hall–Kier alpha value is -1.03. The van der Waals surface area contributed by atoms with Crippen molar-refractivity contribution in [3.63, 3.8) is 0 Å². The summed E-state index contributed by atoms with van der Waals surface area (Å²) in [4.78, 5) is 11.3. The van der Waals surface area contributed by atoms with Gasteiger partial charge in [0.1, 0.15) is 5.82 Å². The van der Waals surface area contributed by atoms with Crippen LogP contribution in [-0.2, 0) is 0 Å². The zero-order valence-corrected chi connectivity index (χ0v) is 8.40. The highest BCUT2D eigenvalue weighted by Crippen LogP contribution is 2.24. The van der Waals surface area contributed by atoms with Crippen LogP contribution in [0.15, 0.2) is 18.2 Å². The van der Waals surface area contributed by atoms with Crippen LogP contribution < -0.4 is 0 Å². The molecule has 1 aromatic carbocycles. The summed E-state index contributed by atoms with van der Waals surface area (Å²) >= 11 is 5.33. The van der Waals surface area contributed by atoms with Crippen LogP contribution in [0.1, 0.15) is 28.8 Å². The highest BCUT2D eigenvalue weighted by molar-refractivity contribution is 6.19. The third-order valence-electron chi connectivity index (χ3n) is 1.87. The number of hydrogen-bond acceptors (Lipinski definition) is 1. The first-order valence-corrected chi connectivity index (χ1v) is 4.76. The summed E-state index contributed by atoms with van der Waals surface area (Å²) in [7, 11) is 0. The normalized spacial score (nSPS) is 10.7. The molecule has 0 aliphatic carbocycles. The Morgan fingerprint density at radius 1 is 1.40 bits per heavy atom. The summed E-state index contributed by atoms with van der Waals surface area (Å²) in [5.41, 5.74) is -0.739. The molecule has 0 radical (unpaired) electrons. The average molecular weight is 237 g/mol. The maximum absolute atomic E-state index is 12.7. The fraction of sp³-hybridized carbons (Fsp3) is 0.300. The third kappa shape index (κ3) is 2.96. The Bertz CT molecular complexity index is 366. The third-order valence-corrected chi connectivity index (χ3v) is 2.06. The molecule has 0 fully saturated rings. The zero-order valence-electron chi connectivity index (χ0n) is 7.64. The number of Topliss-reactive ketones (excluding diaryl/α,β-unsaturated/α-hetero) is 1. The molecule has 0 heterocycles. The van der Waals surface area contributed by atoms with Crippen molar-refractivity contribution in [1.29, 1.82) is 0 Å². The smallest absolute Gasteiger partial charge is 0.264 e.